The number of benzene rings is 4. The molecule has 0 saturated heterocycles. The van der Waals surface area contributed by atoms with E-state index in [0.717, 1.165) is 21.9 Å². The SMILES string of the molecule is OC1(c2ccccc2)c2cccc3cccc(c23)C1(O)c1ccccc1. The van der Waals surface area contributed by atoms with Gasteiger partial charge < -0.3 is 10.2 Å². The minimum atomic E-state index is -1.57. The maximum Gasteiger partial charge on any atom is 0.152 e. The predicted octanol–water partition coefficient (Wildman–Crippen LogP) is 4.33. The Morgan fingerprint density at radius 2 is 0.885 bits per heavy atom. The Bertz CT molecular complexity index is 1020. The van der Waals surface area contributed by atoms with E-state index in [-0.39, 0.29) is 0 Å². The minimum Gasteiger partial charge on any atom is -0.377 e. The molecule has 2 unspecified atom stereocenters. The van der Waals surface area contributed by atoms with Crippen molar-refractivity contribution in [3.05, 3.63) is 119 Å². The van der Waals surface area contributed by atoms with Gasteiger partial charge in [0.1, 0.15) is 0 Å². The molecule has 0 aliphatic heterocycles. The van der Waals surface area contributed by atoms with Crippen LogP contribution in [0.2, 0.25) is 0 Å². The normalized spacial score (nSPS) is 24.1. The van der Waals surface area contributed by atoms with Crippen LogP contribution in [0.4, 0.5) is 0 Å². The van der Waals surface area contributed by atoms with Gasteiger partial charge >= 0.3 is 0 Å². The quantitative estimate of drug-likeness (QED) is 0.571. The van der Waals surface area contributed by atoms with Crippen molar-refractivity contribution in [3.8, 4) is 0 Å². The fraction of sp³-hybridized carbons (Fsp3) is 0.0833. The van der Waals surface area contributed by atoms with Crippen molar-refractivity contribution < 1.29 is 10.2 Å². The lowest BCUT2D eigenvalue weighted by Crippen LogP contribution is -2.47. The summed E-state index contributed by atoms with van der Waals surface area (Å²) in [5.74, 6) is 0. The van der Waals surface area contributed by atoms with E-state index in [9.17, 15) is 10.2 Å². The Morgan fingerprint density at radius 1 is 0.462 bits per heavy atom. The second-order valence-corrected chi connectivity index (χ2v) is 6.86. The Morgan fingerprint density at radius 3 is 1.31 bits per heavy atom. The third-order valence-electron chi connectivity index (χ3n) is 5.59. The first kappa shape index (κ1) is 15.3. The summed E-state index contributed by atoms with van der Waals surface area (Å²) in [6, 6.07) is 30.6. The first-order valence-electron chi connectivity index (χ1n) is 8.76. The summed E-state index contributed by atoms with van der Waals surface area (Å²) in [4.78, 5) is 0. The van der Waals surface area contributed by atoms with Gasteiger partial charge in [-0.2, -0.15) is 0 Å². The highest BCUT2D eigenvalue weighted by Gasteiger charge is 2.59. The van der Waals surface area contributed by atoms with E-state index in [1.807, 2.05) is 97.1 Å². The number of hydrogen-bond acceptors (Lipinski definition) is 2. The van der Waals surface area contributed by atoms with Crippen LogP contribution in [-0.2, 0) is 11.2 Å². The summed E-state index contributed by atoms with van der Waals surface area (Å²) < 4.78 is 0. The molecule has 5 rings (SSSR count). The molecule has 1 aliphatic rings. The van der Waals surface area contributed by atoms with Gasteiger partial charge in [0.05, 0.1) is 0 Å². The zero-order valence-electron chi connectivity index (χ0n) is 14.1. The minimum absolute atomic E-state index is 0.676. The van der Waals surface area contributed by atoms with Crippen LogP contribution in [0.1, 0.15) is 22.3 Å². The second-order valence-electron chi connectivity index (χ2n) is 6.86. The lowest BCUT2D eigenvalue weighted by molar-refractivity contribution is -0.105. The van der Waals surface area contributed by atoms with E-state index < -0.39 is 11.2 Å². The van der Waals surface area contributed by atoms with Crippen LogP contribution in [0, 0.1) is 0 Å². The van der Waals surface area contributed by atoms with Crippen LogP contribution >= 0.6 is 0 Å². The van der Waals surface area contributed by atoms with Crippen molar-refractivity contribution in [1.82, 2.24) is 0 Å². The van der Waals surface area contributed by atoms with Crippen LogP contribution in [0.3, 0.4) is 0 Å². The largest absolute Gasteiger partial charge is 0.377 e. The van der Waals surface area contributed by atoms with Crippen molar-refractivity contribution in [3.63, 3.8) is 0 Å². The van der Waals surface area contributed by atoms with Gasteiger partial charge in [0, 0.05) is 0 Å². The fourth-order valence-electron chi connectivity index (χ4n) is 4.42. The second kappa shape index (κ2) is 5.28. The van der Waals surface area contributed by atoms with Crippen molar-refractivity contribution in [2.75, 3.05) is 0 Å². The van der Waals surface area contributed by atoms with Gasteiger partial charge in [0.2, 0.25) is 0 Å². The molecular formula is C24H18O2. The summed E-state index contributed by atoms with van der Waals surface area (Å²) in [7, 11) is 0. The molecule has 0 spiro atoms. The van der Waals surface area contributed by atoms with Crippen molar-refractivity contribution in [2.45, 2.75) is 11.2 Å². The Kier molecular flexibility index (Phi) is 3.11. The lowest BCUT2D eigenvalue weighted by atomic mass is 9.72. The third-order valence-corrected chi connectivity index (χ3v) is 5.59. The first-order valence-corrected chi connectivity index (χ1v) is 8.76. The third kappa shape index (κ3) is 1.73. The van der Waals surface area contributed by atoms with Crippen molar-refractivity contribution in [1.29, 1.82) is 0 Å². The average Bonchev–Trinajstić information content (AvgIpc) is 2.92. The molecule has 4 aromatic carbocycles. The predicted molar refractivity (Wildman–Crippen MR) is 103 cm³/mol. The highest BCUT2D eigenvalue weighted by atomic mass is 16.4. The number of aliphatic hydroxyl groups is 2. The smallest absolute Gasteiger partial charge is 0.152 e. The molecular weight excluding hydrogens is 320 g/mol. The van der Waals surface area contributed by atoms with Gasteiger partial charge in [0.15, 0.2) is 11.2 Å². The molecule has 2 nitrogen and oxygen atoms in total. The maximum atomic E-state index is 12.1. The zero-order valence-corrected chi connectivity index (χ0v) is 14.1. The summed E-state index contributed by atoms with van der Waals surface area (Å²) >= 11 is 0. The fourth-order valence-corrected chi connectivity index (χ4v) is 4.42. The molecule has 126 valence electrons. The molecule has 1 aliphatic carbocycles. The van der Waals surface area contributed by atoms with E-state index in [2.05, 4.69) is 0 Å². The highest BCUT2D eigenvalue weighted by Crippen LogP contribution is 2.57. The standard InChI is InChI=1S/C24H18O2/c25-23(18-11-3-1-4-12-18)20-15-7-9-17-10-8-16-21(22(17)20)24(23,26)19-13-5-2-6-14-19/h1-16,25-26H. The summed E-state index contributed by atoms with van der Waals surface area (Å²) in [6.07, 6.45) is 0. The lowest BCUT2D eigenvalue weighted by Gasteiger charge is -2.40. The molecule has 26 heavy (non-hydrogen) atoms. The number of hydrogen-bond donors (Lipinski definition) is 2. The van der Waals surface area contributed by atoms with Gasteiger partial charge in [-0.1, -0.05) is 97.1 Å². The van der Waals surface area contributed by atoms with E-state index in [0.29, 0.717) is 11.1 Å². The summed E-state index contributed by atoms with van der Waals surface area (Å²) in [5, 5.41) is 26.2. The monoisotopic (exact) mass is 338 g/mol. The summed E-state index contributed by atoms with van der Waals surface area (Å²) in [5.41, 5.74) is -0.311. The van der Waals surface area contributed by atoms with Crippen molar-refractivity contribution >= 4 is 10.8 Å². The van der Waals surface area contributed by atoms with Gasteiger partial charge in [-0.25, -0.2) is 0 Å². The van der Waals surface area contributed by atoms with Crippen LogP contribution in [-0.4, -0.2) is 10.2 Å². The maximum absolute atomic E-state index is 12.1. The van der Waals surface area contributed by atoms with Crippen molar-refractivity contribution in [2.24, 2.45) is 0 Å². The molecule has 0 aromatic heterocycles. The van der Waals surface area contributed by atoms with Gasteiger partial charge in [0.25, 0.3) is 0 Å². The zero-order chi connectivity index (χ0) is 17.8. The van der Waals surface area contributed by atoms with E-state index >= 15 is 0 Å². The van der Waals surface area contributed by atoms with Gasteiger partial charge in [-0.05, 0) is 33.0 Å². The van der Waals surface area contributed by atoms with Crippen LogP contribution < -0.4 is 0 Å². The topological polar surface area (TPSA) is 40.5 Å². The molecule has 2 heteroatoms. The highest BCUT2D eigenvalue weighted by molar-refractivity contribution is 5.95. The Labute approximate surface area is 152 Å². The average molecular weight is 338 g/mol. The van der Waals surface area contributed by atoms with Crippen LogP contribution in [0.25, 0.3) is 10.8 Å². The van der Waals surface area contributed by atoms with Gasteiger partial charge in [-0.15, -0.1) is 0 Å². The Balaban J connectivity index is 1.96. The Hall–Kier alpha value is -2.94. The van der Waals surface area contributed by atoms with Crippen LogP contribution in [0.15, 0.2) is 97.1 Å². The molecule has 0 amide bonds. The molecule has 2 N–H and O–H groups in total. The molecule has 4 aromatic rings. The van der Waals surface area contributed by atoms with E-state index in [4.69, 9.17) is 0 Å². The van der Waals surface area contributed by atoms with Crippen LogP contribution in [0.5, 0.6) is 0 Å². The molecule has 0 radical (unpaired) electrons. The molecule has 0 saturated carbocycles. The molecule has 0 fully saturated rings. The van der Waals surface area contributed by atoms with E-state index in [1.165, 1.54) is 0 Å². The molecule has 0 bridgehead atoms. The van der Waals surface area contributed by atoms with Gasteiger partial charge in [-0.3, -0.25) is 0 Å². The molecule has 2 atom stereocenters. The summed E-state index contributed by atoms with van der Waals surface area (Å²) in [6.45, 7) is 0. The first-order chi connectivity index (χ1) is 12.7. The number of rotatable bonds is 2. The molecule has 0 heterocycles. The van der Waals surface area contributed by atoms with E-state index in [1.54, 1.807) is 0 Å².